The molecule has 0 fully saturated rings. The minimum Gasteiger partial charge on any atom is -0.192 e. The zero-order valence-corrected chi connectivity index (χ0v) is 18.1. The second-order valence-corrected chi connectivity index (χ2v) is 8.72. The maximum Gasteiger partial charge on any atom is 0.101 e. The molecule has 0 aliphatic heterocycles. The van der Waals surface area contributed by atoms with E-state index in [1.807, 2.05) is 12.1 Å². The highest BCUT2D eigenvalue weighted by Gasteiger charge is 2.18. The van der Waals surface area contributed by atoms with Crippen LogP contribution in [0.25, 0.3) is 64.6 Å². The first kappa shape index (κ1) is 18.6. The molecule has 0 radical (unpaired) electrons. The zero-order chi connectivity index (χ0) is 22.8. The van der Waals surface area contributed by atoms with Gasteiger partial charge in [-0.05, 0) is 76.8 Å². The van der Waals surface area contributed by atoms with E-state index in [0.29, 0.717) is 11.1 Å². The van der Waals surface area contributed by atoms with Crippen molar-refractivity contribution < 1.29 is 0 Å². The van der Waals surface area contributed by atoms with Gasteiger partial charge in [0.25, 0.3) is 0 Å². The maximum atomic E-state index is 9.85. The van der Waals surface area contributed by atoms with E-state index in [0.717, 1.165) is 43.1 Å². The molecule has 0 saturated carbocycles. The van der Waals surface area contributed by atoms with E-state index in [4.69, 9.17) is 0 Å². The van der Waals surface area contributed by atoms with Gasteiger partial charge >= 0.3 is 0 Å². The predicted octanol–water partition coefficient (Wildman–Crippen LogP) is 8.35. The van der Waals surface area contributed by atoms with E-state index >= 15 is 0 Å². The summed E-state index contributed by atoms with van der Waals surface area (Å²) >= 11 is 0. The van der Waals surface area contributed by atoms with Gasteiger partial charge < -0.3 is 0 Å². The van der Waals surface area contributed by atoms with E-state index in [1.165, 1.54) is 21.5 Å². The third-order valence-corrected chi connectivity index (χ3v) is 7.07. The molecule has 0 heterocycles. The fraction of sp³-hybridized carbons (Fsp3) is 0. The second-order valence-electron chi connectivity index (χ2n) is 8.72. The topological polar surface area (TPSA) is 47.6 Å². The molecule has 0 amide bonds. The summed E-state index contributed by atoms with van der Waals surface area (Å²) in [6, 6.07) is 38.1. The van der Waals surface area contributed by atoms with Gasteiger partial charge in [0.1, 0.15) is 12.1 Å². The molecule has 2 heteroatoms. The number of benzene rings is 7. The van der Waals surface area contributed by atoms with Crippen LogP contribution < -0.4 is 0 Å². The summed E-state index contributed by atoms with van der Waals surface area (Å²) in [7, 11) is 0. The van der Waals surface area contributed by atoms with Crippen LogP contribution in [-0.4, -0.2) is 0 Å². The summed E-state index contributed by atoms with van der Waals surface area (Å²) < 4.78 is 0. The molecule has 0 spiro atoms. The summed E-state index contributed by atoms with van der Waals surface area (Å²) in [6.07, 6.45) is 0. The summed E-state index contributed by atoms with van der Waals surface area (Å²) in [5.74, 6) is 0. The van der Waals surface area contributed by atoms with Crippen LogP contribution in [-0.2, 0) is 0 Å². The summed E-state index contributed by atoms with van der Waals surface area (Å²) in [6.45, 7) is 0. The minimum absolute atomic E-state index is 0.410. The highest BCUT2D eigenvalue weighted by Crippen LogP contribution is 2.45. The maximum absolute atomic E-state index is 9.85. The fourth-order valence-corrected chi connectivity index (χ4v) is 5.67. The molecule has 7 rings (SSSR count). The first-order valence-electron chi connectivity index (χ1n) is 11.2. The molecule has 0 bridgehead atoms. The van der Waals surface area contributed by atoms with Crippen LogP contribution in [0.4, 0.5) is 0 Å². The standard InChI is InChI=1S/C32H16N2/c33-17-20-15-28-29(16-21(20)18-34)32-26-12-6-4-10-24(26)23-9-3-5-11-25(23)31(32)27-14-13-19-7-1-2-8-22(19)30(27)28/h1-16H. The lowest BCUT2D eigenvalue weighted by Crippen LogP contribution is -1.92. The molecule has 0 saturated heterocycles. The van der Waals surface area contributed by atoms with Crippen molar-refractivity contribution in [1.82, 2.24) is 0 Å². The van der Waals surface area contributed by atoms with Crippen molar-refractivity contribution >= 4 is 64.6 Å². The Hall–Kier alpha value is -4.92. The number of hydrogen-bond acceptors (Lipinski definition) is 2. The fourth-order valence-electron chi connectivity index (χ4n) is 5.67. The molecule has 0 N–H and O–H groups in total. The van der Waals surface area contributed by atoms with Gasteiger partial charge in [-0.15, -0.1) is 0 Å². The van der Waals surface area contributed by atoms with Crippen LogP contribution in [0.2, 0.25) is 0 Å². The second kappa shape index (κ2) is 6.79. The van der Waals surface area contributed by atoms with E-state index in [9.17, 15) is 10.5 Å². The van der Waals surface area contributed by atoms with Gasteiger partial charge in [-0.3, -0.25) is 0 Å². The average molecular weight is 428 g/mol. The van der Waals surface area contributed by atoms with Crippen molar-refractivity contribution in [1.29, 1.82) is 10.5 Å². The number of fused-ring (bicyclic) bond motifs is 13. The predicted molar refractivity (Wildman–Crippen MR) is 141 cm³/mol. The SMILES string of the molecule is N#Cc1cc2c(cc1C#N)c1c3ccccc3c3ccccc3c1c1ccc3ccccc3c21. The van der Waals surface area contributed by atoms with Crippen molar-refractivity contribution in [2.45, 2.75) is 0 Å². The summed E-state index contributed by atoms with van der Waals surface area (Å²) in [5.41, 5.74) is 0.821. The smallest absolute Gasteiger partial charge is 0.101 e. The van der Waals surface area contributed by atoms with Crippen LogP contribution in [0, 0.1) is 22.7 Å². The lowest BCUT2D eigenvalue weighted by Gasteiger charge is -2.18. The number of nitriles is 2. The Labute approximate surface area is 195 Å². The summed E-state index contributed by atoms with van der Waals surface area (Å²) in [5, 5.41) is 33.4. The molecule has 7 aromatic carbocycles. The first-order chi connectivity index (χ1) is 16.8. The highest BCUT2D eigenvalue weighted by atomic mass is 14.3. The first-order valence-corrected chi connectivity index (χ1v) is 11.2. The minimum atomic E-state index is 0.410. The molecule has 0 unspecified atom stereocenters. The lowest BCUT2D eigenvalue weighted by molar-refractivity contribution is 1.45. The molecule has 34 heavy (non-hydrogen) atoms. The Bertz CT molecular complexity index is 2090. The van der Waals surface area contributed by atoms with Gasteiger partial charge in [-0.25, -0.2) is 0 Å². The van der Waals surface area contributed by atoms with Crippen molar-refractivity contribution in [2.24, 2.45) is 0 Å². The third kappa shape index (κ3) is 2.32. The Balaban J connectivity index is 1.96. The van der Waals surface area contributed by atoms with Gasteiger partial charge in [-0.2, -0.15) is 10.5 Å². The Morgan fingerprint density at radius 2 is 0.853 bits per heavy atom. The van der Waals surface area contributed by atoms with Crippen LogP contribution in [0.3, 0.4) is 0 Å². The normalized spacial score (nSPS) is 11.5. The monoisotopic (exact) mass is 428 g/mol. The molecule has 0 aliphatic rings. The van der Waals surface area contributed by atoms with Crippen LogP contribution >= 0.6 is 0 Å². The number of rotatable bonds is 0. The molecule has 154 valence electrons. The van der Waals surface area contributed by atoms with Crippen molar-refractivity contribution in [3.8, 4) is 12.1 Å². The summed E-state index contributed by atoms with van der Waals surface area (Å²) in [4.78, 5) is 0. The lowest BCUT2D eigenvalue weighted by atomic mass is 9.85. The van der Waals surface area contributed by atoms with Crippen LogP contribution in [0.5, 0.6) is 0 Å². The number of nitrogens with zero attached hydrogens (tertiary/aromatic N) is 2. The van der Waals surface area contributed by atoms with Crippen molar-refractivity contribution in [3.05, 3.63) is 108 Å². The van der Waals surface area contributed by atoms with E-state index in [1.54, 1.807) is 0 Å². The molecular formula is C32H16N2. The van der Waals surface area contributed by atoms with Gasteiger partial charge in [0.2, 0.25) is 0 Å². The molecule has 0 atom stereocenters. The van der Waals surface area contributed by atoms with Gasteiger partial charge in [0.15, 0.2) is 0 Å². The highest BCUT2D eigenvalue weighted by molar-refractivity contribution is 6.41. The molecule has 2 nitrogen and oxygen atoms in total. The Kier molecular flexibility index (Phi) is 3.72. The van der Waals surface area contributed by atoms with Gasteiger partial charge in [-0.1, -0.05) is 84.9 Å². The van der Waals surface area contributed by atoms with E-state index < -0.39 is 0 Å². The van der Waals surface area contributed by atoms with Crippen LogP contribution in [0.1, 0.15) is 11.1 Å². The number of hydrogen-bond donors (Lipinski definition) is 0. The largest absolute Gasteiger partial charge is 0.192 e. The Morgan fingerprint density at radius 3 is 1.44 bits per heavy atom. The van der Waals surface area contributed by atoms with E-state index in [-0.39, 0.29) is 0 Å². The zero-order valence-electron chi connectivity index (χ0n) is 18.1. The quantitative estimate of drug-likeness (QED) is 0.228. The molecular weight excluding hydrogens is 412 g/mol. The third-order valence-electron chi connectivity index (χ3n) is 7.07. The van der Waals surface area contributed by atoms with Crippen molar-refractivity contribution in [2.75, 3.05) is 0 Å². The average Bonchev–Trinajstić information content (AvgIpc) is 2.91. The van der Waals surface area contributed by atoms with E-state index in [2.05, 4.69) is 97.1 Å². The molecule has 0 aromatic heterocycles. The molecule has 0 aliphatic carbocycles. The Morgan fingerprint density at radius 1 is 0.382 bits per heavy atom. The van der Waals surface area contributed by atoms with Crippen molar-refractivity contribution in [3.63, 3.8) is 0 Å². The molecule has 7 aromatic rings. The van der Waals surface area contributed by atoms with Gasteiger partial charge in [0, 0.05) is 0 Å². The van der Waals surface area contributed by atoms with Gasteiger partial charge in [0.05, 0.1) is 11.1 Å². The van der Waals surface area contributed by atoms with Crippen LogP contribution in [0.15, 0.2) is 97.1 Å².